The van der Waals surface area contributed by atoms with E-state index < -0.39 is 9.84 Å². The number of nitrogens with one attached hydrogen (secondary N) is 2. The first-order valence-corrected chi connectivity index (χ1v) is 10.2. The standard InChI is InChI=1S/C17H18ClN3O4S/c18-12-1-4-15(5-2-12)25-10-17(22)21-13-3-6-16(19-9-13)20-14-7-8-26(23,24)11-14/h1-6,9,14H,7-8,10-11H2,(H,19,20)(H,21,22). The van der Waals surface area contributed by atoms with Gasteiger partial charge in [-0.05, 0) is 42.8 Å². The quantitative estimate of drug-likeness (QED) is 0.779. The summed E-state index contributed by atoms with van der Waals surface area (Å²) in [6.07, 6.45) is 2.08. The number of rotatable bonds is 6. The number of anilines is 2. The fourth-order valence-corrected chi connectivity index (χ4v) is 4.35. The van der Waals surface area contributed by atoms with Crippen molar-refractivity contribution >= 4 is 38.9 Å². The highest BCUT2D eigenvalue weighted by atomic mass is 35.5. The maximum absolute atomic E-state index is 11.9. The van der Waals surface area contributed by atoms with Crippen molar-refractivity contribution in [1.29, 1.82) is 0 Å². The number of amides is 1. The number of pyridine rings is 1. The maximum Gasteiger partial charge on any atom is 0.262 e. The van der Waals surface area contributed by atoms with Crippen molar-refractivity contribution in [1.82, 2.24) is 4.98 Å². The molecule has 1 amide bonds. The van der Waals surface area contributed by atoms with Gasteiger partial charge in [0.2, 0.25) is 0 Å². The molecule has 0 saturated carbocycles. The van der Waals surface area contributed by atoms with Gasteiger partial charge in [0.15, 0.2) is 16.4 Å². The van der Waals surface area contributed by atoms with Gasteiger partial charge in [0, 0.05) is 11.1 Å². The van der Waals surface area contributed by atoms with Crippen LogP contribution in [0.3, 0.4) is 0 Å². The van der Waals surface area contributed by atoms with Gasteiger partial charge in [-0.3, -0.25) is 4.79 Å². The molecule has 1 unspecified atom stereocenters. The monoisotopic (exact) mass is 395 g/mol. The predicted molar refractivity (Wildman–Crippen MR) is 100 cm³/mol. The Morgan fingerprint density at radius 1 is 1.23 bits per heavy atom. The highest BCUT2D eigenvalue weighted by Crippen LogP contribution is 2.18. The summed E-state index contributed by atoms with van der Waals surface area (Å²) >= 11 is 5.79. The van der Waals surface area contributed by atoms with Crippen molar-refractivity contribution in [2.45, 2.75) is 12.5 Å². The zero-order valence-corrected chi connectivity index (χ0v) is 15.4. The Bertz CT molecular complexity index is 870. The average molecular weight is 396 g/mol. The van der Waals surface area contributed by atoms with Crippen molar-refractivity contribution in [3.05, 3.63) is 47.6 Å². The molecule has 1 aliphatic rings. The number of aromatic nitrogens is 1. The van der Waals surface area contributed by atoms with Gasteiger partial charge in [0.1, 0.15) is 11.6 Å². The molecule has 2 heterocycles. The minimum Gasteiger partial charge on any atom is -0.484 e. The summed E-state index contributed by atoms with van der Waals surface area (Å²) in [6.45, 7) is -0.137. The number of carbonyl (C=O) groups is 1. The molecule has 9 heteroatoms. The molecule has 0 bridgehead atoms. The fraction of sp³-hybridized carbons (Fsp3) is 0.294. The minimum atomic E-state index is -2.94. The van der Waals surface area contributed by atoms with Crippen LogP contribution in [0.1, 0.15) is 6.42 Å². The van der Waals surface area contributed by atoms with Crippen LogP contribution in [0.4, 0.5) is 11.5 Å². The summed E-state index contributed by atoms with van der Waals surface area (Å²) in [5.41, 5.74) is 0.527. The van der Waals surface area contributed by atoms with Gasteiger partial charge in [-0.15, -0.1) is 0 Å². The van der Waals surface area contributed by atoms with E-state index in [4.69, 9.17) is 16.3 Å². The van der Waals surface area contributed by atoms with Crippen LogP contribution >= 0.6 is 11.6 Å². The van der Waals surface area contributed by atoms with Crippen LogP contribution in [0.2, 0.25) is 5.02 Å². The molecule has 3 rings (SSSR count). The SMILES string of the molecule is O=C(COc1ccc(Cl)cc1)Nc1ccc(NC2CCS(=O)(=O)C2)nc1. The van der Waals surface area contributed by atoms with E-state index in [0.29, 0.717) is 28.7 Å². The second-order valence-corrected chi connectivity index (χ2v) is 8.63. The molecule has 1 aromatic carbocycles. The Morgan fingerprint density at radius 2 is 2.00 bits per heavy atom. The first-order chi connectivity index (χ1) is 12.4. The van der Waals surface area contributed by atoms with Gasteiger partial charge in [-0.1, -0.05) is 11.6 Å². The number of benzene rings is 1. The van der Waals surface area contributed by atoms with E-state index in [9.17, 15) is 13.2 Å². The minimum absolute atomic E-state index is 0.120. The lowest BCUT2D eigenvalue weighted by molar-refractivity contribution is -0.118. The Balaban J connectivity index is 1.47. The summed E-state index contributed by atoms with van der Waals surface area (Å²) in [6, 6.07) is 9.99. The zero-order chi connectivity index (χ0) is 18.6. The molecule has 0 spiro atoms. The number of hydrogen-bond donors (Lipinski definition) is 2. The van der Waals surface area contributed by atoms with Crippen molar-refractivity contribution in [2.75, 3.05) is 28.7 Å². The molecular weight excluding hydrogens is 378 g/mol. The Morgan fingerprint density at radius 3 is 2.62 bits per heavy atom. The molecule has 1 aliphatic heterocycles. The van der Waals surface area contributed by atoms with Crippen molar-refractivity contribution in [3.63, 3.8) is 0 Å². The topological polar surface area (TPSA) is 97.4 Å². The highest BCUT2D eigenvalue weighted by molar-refractivity contribution is 7.91. The van der Waals surface area contributed by atoms with Gasteiger partial charge in [-0.2, -0.15) is 0 Å². The third kappa shape index (κ3) is 5.34. The average Bonchev–Trinajstić information content (AvgIpc) is 2.95. The molecule has 2 N–H and O–H groups in total. The lowest BCUT2D eigenvalue weighted by atomic mass is 10.2. The molecule has 1 atom stereocenters. The third-order valence-corrected chi connectivity index (χ3v) is 5.84. The molecule has 2 aromatic rings. The zero-order valence-electron chi connectivity index (χ0n) is 13.8. The van der Waals surface area contributed by atoms with E-state index in [-0.39, 0.29) is 30.1 Å². The van der Waals surface area contributed by atoms with Crippen LogP contribution in [0.25, 0.3) is 0 Å². The number of sulfone groups is 1. The van der Waals surface area contributed by atoms with E-state index in [1.165, 1.54) is 6.20 Å². The number of ether oxygens (including phenoxy) is 1. The molecular formula is C17H18ClN3O4S. The Hall–Kier alpha value is -2.32. The molecule has 0 radical (unpaired) electrons. The lowest BCUT2D eigenvalue weighted by Crippen LogP contribution is -2.22. The second kappa shape index (κ2) is 7.92. The van der Waals surface area contributed by atoms with Crippen LogP contribution in [-0.4, -0.2) is 43.5 Å². The van der Waals surface area contributed by atoms with Crippen LogP contribution in [0.15, 0.2) is 42.6 Å². The normalized spacial score (nSPS) is 18.3. The second-order valence-electron chi connectivity index (χ2n) is 5.97. The van der Waals surface area contributed by atoms with Gasteiger partial charge in [0.25, 0.3) is 5.91 Å². The largest absolute Gasteiger partial charge is 0.484 e. The molecule has 138 valence electrons. The number of halogens is 1. The molecule has 1 aromatic heterocycles. The van der Waals surface area contributed by atoms with Crippen LogP contribution in [-0.2, 0) is 14.6 Å². The van der Waals surface area contributed by atoms with Crippen molar-refractivity contribution in [3.8, 4) is 5.75 Å². The van der Waals surface area contributed by atoms with Gasteiger partial charge in [0.05, 0.1) is 23.4 Å². The summed E-state index contributed by atoms with van der Waals surface area (Å²) in [7, 11) is -2.94. The number of hydrogen-bond acceptors (Lipinski definition) is 6. The summed E-state index contributed by atoms with van der Waals surface area (Å²) in [5.74, 6) is 1.13. The van der Waals surface area contributed by atoms with E-state index >= 15 is 0 Å². The smallest absolute Gasteiger partial charge is 0.262 e. The molecule has 0 aliphatic carbocycles. The van der Waals surface area contributed by atoms with Crippen LogP contribution in [0, 0.1) is 0 Å². The molecule has 1 fully saturated rings. The van der Waals surface area contributed by atoms with Crippen LogP contribution < -0.4 is 15.4 Å². The predicted octanol–water partition coefficient (Wildman–Crippen LogP) is 2.35. The molecule has 7 nitrogen and oxygen atoms in total. The van der Waals surface area contributed by atoms with Gasteiger partial charge >= 0.3 is 0 Å². The maximum atomic E-state index is 11.9. The lowest BCUT2D eigenvalue weighted by Gasteiger charge is -2.12. The number of carbonyl (C=O) groups excluding carboxylic acids is 1. The van der Waals surface area contributed by atoms with E-state index in [1.807, 2.05) is 0 Å². The number of nitrogens with zero attached hydrogens (tertiary/aromatic N) is 1. The Labute approximate surface area is 156 Å². The van der Waals surface area contributed by atoms with Crippen LogP contribution in [0.5, 0.6) is 5.75 Å². The highest BCUT2D eigenvalue weighted by Gasteiger charge is 2.27. The van der Waals surface area contributed by atoms with Crippen molar-refractivity contribution < 1.29 is 17.9 Å². The van der Waals surface area contributed by atoms with Gasteiger partial charge < -0.3 is 15.4 Å². The summed E-state index contributed by atoms with van der Waals surface area (Å²) < 4.78 is 28.3. The first-order valence-electron chi connectivity index (χ1n) is 8.01. The van der Waals surface area contributed by atoms with Gasteiger partial charge in [-0.25, -0.2) is 13.4 Å². The summed E-state index contributed by atoms with van der Waals surface area (Å²) in [4.78, 5) is 16.1. The third-order valence-electron chi connectivity index (χ3n) is 3.82. The van der Waals surface area contributed by atoms with E-state index in [0.717, 1.165) is 0 Å². The summed E-state index contributed by atoms with van der Waals surface area (Å²) in [5, 5.41) is 6.37. The van der Waals surface area contributed by atoms with E-state index in [2.05, 4.69) is 15.6 Å². The van der Waals surface area contributed by atoms with E-state index in [1.54, 1.807) is 36.4 Å². The fourth-order valence-electron chi connectivity index (χ4n) is 2.55. The first kappa shape index (κ1) is 18.5. The molecule has 1 saturated heterocycles. The molecule has 26 heavy (non-hydrogen) atoms. The van der Waals surface area contributed by atoms with Crippen molar-refractivity contribution in [2.24, 2.45) is 0 Å². The Kier molecular flexibility index (Phi) is 5.63.